The van der Waals surface area contributed by atoms with Crippen LogP contribution in [-0.2, 0) is 66.8 Å². The van der Waals surface area contributed by atoms with Gasteiger partial charge in [-0.25, -0.2) is 21.6 Å². The van der Waals surface area contributed by atoms with Gasteiger partial charge in [-0.05, 0) is 142 Å². The van der Waals surface area contributed by atoms with Crippen LogP contribution in [0.2, 0.25) is 0 Å². The minimum atomic E-state index is -4.00. The summed E-state index contributed by atoms with van der Waals surface area (Å²) in [6.07, 6.45) is 8.46. The van der Waals surface area contributed by atoms with Crippen LogP contribution in [0.4, 0.5) is 0 Å². The Morgan fingerprint density at radius 2 is 0.873 bits per heavy atom. The summed E-state index contributed by atoms with van der Waals surface area (Å²) in [5.74, 6) is 2.45. The Bertz CT molecular complexity index is 2800. The van der Waals surface area contributed by atoms with Gasteiger partial charge in [0.05, 0.1) is 40.6 Å². The lowest BCUT2D eigenvalue weighted by atomic mass is 9.76. The zero-order chi connectivity index (χ0) is 50.8. The van der Waals surface area contributed by atoms with E-state index >= 15 is 0 Å². The number of nitrogens with zero attached hydrogens (tertiary/aromatic N) is 7. The molecular weight excluding hydrogens is 947 g/mol. The van der Waals surface area contributed by atoms with Gasteiger partial charge in [-0.3, -0.25) is 9.36 Å². The molecule has 380 valence electrons. The molecule has 19 heteroatoms. The number of benzene rings is 4. The minimum absolute atomic E-state index is 0.0737. The molecule has 0 amide bonds. The standard InChI is InChI=1S/C26H34N4O4S.C26H31N3O6S/c1-28(2)20-26(15-5-16-26)30-17-14-25(27-30)35(31,32)29(18-21-6-10-23(33-3)11-7-21)19-22-8-12-24(34-4)13-9-22;1-4-35-25(30)26(15-5-16-26)29-17-14-24(27-29)36(31,32)28(18-20-6-10-22(33-2)11-7-20)19-21-8-12-23(34-3)13-9-21/h6-14,17H,5,15-16,18-20H2,1-4H3;6-14,17H,4-5,15-16,18-19H2,1-3H3. The Balaban J connectivity index is 0.000000209. The van der Waals surface area contributed by atoms with Crippen LogP contribution >= 0.6 is 0 Å². The largest absolute Gasteiger partial charge is 0.497 e. The average Bonchev–Trinajstić information content (AvgIpc) is 4.06. The van der Waals surface area contributed by atoms with Crippen molar-refractivity contribution in [1.29, 1.82) is 0 Å². The number of sulfonamides is 2. The van der Waals surface area contributed by atoms with E-state index in [0.717, 1.165) is 66.0 Å². The van der Waals surface area contributed by atoms with Gasteiger partial charge < -0.3 is 28.6 Å². The molecule has 0 N–H and O–H groups in total. The number of aromatic nitrogens is 4. The maximum Gasteiger partial charge on any atom is 0.334 e. The second kappa shape index (κ2) is 22.9. The summed E-state index contributed by atoms with van der Waals surface area (Å²) in [5, 5.41) is 8.96. The van der Waals surface area contributed by atoms with Gasteiger partial charge in [0.15, 0.2) is 15.6 Å². The van der Waals surface area contributed by atoms with Crippen LogP contribution in [0.3, 0.4) is 0 Å². The van der Waals surface area contributed by atoms with Gasteiger partial charge in [0.2, 0.25) is 0 Å². The molecule has 0 aliphatic heterocycles. The van der Waals surface area contributed by atoms with Crippen LogP contribution in [0.15, 0.2) is 132 Å². The molecule has 2 aromatic heterocycles. The third-order valence-corrected chi connectivity index (χ3v) is 16.4. The SMILES string of the molecule is CCOC(=O)C1(n2ccc(S(=O)(=O)N(Cc3ccc(OC)cc3)Cc3ccc(OC)cc3)n2)CCC1.COc1ccc(CN(Cc2ccc(OC)cc2)S(=O)(=O)c2ccn(C3(CN(C)C)CCC3)n2)cc1. The highest BCUT2D eigenvalue weighted by molar-refractivity contribution is 7.89. The van der Waals surface area contributed by atoms with E-state index < -0.39 is 25.6 Å². The monoisotopic (exact) mass is 1010 g/mol. The van der Waals surface area contributed by atoms with E-state index in [1.165, 1.54) is 19.4 Å². The maximum absolute atomic E-state index is 13.8. The van der Waals surface area contributed by atoms with E-state index in [0.29, 0.717) is 24.3 Å². The van der Waals surface area contributed by atoms with E-state index in [9.17, 15) is 21.6 Å². The fraction of sp³-hybridized carbons (Fsp3) is 0.404. The Morgan fingerprint density at radius 1 is 0.535 bits per heavy atom. The molecule has 0 saturated heterocycles. The third-order valence-electron chi connectivity index (χ3n) is 13.1. The number of carbonyl (C=O) groups excluding carboxylic acids is 1. The molecule has 0 spiro atoms. The molecule has 4 aromatic carbocycles. The normalized spacial score (nSPS) is 15.0. The zero-order valence-electron chi connectivity index (χ0n) is 41.6. The van der Waals surface area contributed by atoms with E-state index in [4.69, 9.17) is 23.7 Å². The molecule has 0 atom stereocenters. The molecule has 2 aliphatic carbocycles. The van der Waals surface area contributed by atoms with Crippen molar-refractivity contribution in [3.05, 3.63) is 144 Å². The van der Waals surface area contributed by atoms with Crippen molar-refractivity contribution in [3.8, 4) is 23.0 Å². The molecule has 2 saturated carbocycles. The highest BCUT2D eigenvalue weighted by Gasteiger charge is 2.49. The number of hydrogen-bond acceptors (Lipinski definition) is 13. The zero-order valence-corrected chi connectivity index (χ0v) is 43.2. The molecule has 17 nitrogen and oxygen atoms in total. The first kappa shape index (κ1) is 52.6. The van der Waals surface area contributed by atoms with Crippen LogP contribution in [0.1, 0.15) is 67.7 Å². The van der Waals surface area contributed by atoms with Crippen molar-refractivity contribution < 1.29 is 45.3 Å². The Hall–Kier alpha value is -6.25. The number of methoxy groups -OCH3 is 4. The lowest BCUT2D eigenvalue weighted by Gasteiger charge is -2.43. The summed E-state index contributed by atoms with van der Waals surface area (Å²) in [6, 6.07) is 32.5. The highest BCUT2D eigenvalue weighted by Crippen LogP contribution is 2.41. The van der Waals surface area contributed by atoms with Gasteiger partial charge in [-0.2, -0.15) is 18.8 Å². The van der Waals surface area contributed by atoms with E-state index in [1.807, 2.05) is 97.8 Å². The Labute approximate surface area is 417 Å². The van der Waals surface area contributed by atoms with Crippen molar-refractivity contribution in [3.63, 3.8) is 0 Å². The molecule has 2 fully saturated rings. The van der Waals surface area contributed by atoms with E-state index in [1.54, 1.807) is 71.9 Å². The maximum atomic E-state index is 13.8. The summed E-state index contributed by atoms with van der Waals surface area (Å²) in [5.41, 5.74) is 2.24. The smallest absolute Gasteiger partial charge is 0.334 e. The quantitative estimate of drug-likeness (QED) is 0.0613. The van der Waals surface area contributed by atoms with Gasteiger partial charge >= 0.3 is 5.97 Å². The van der Waals surface area contributed by atoms with Crippen molar-refractivity contribution in [2.45, 2.75) is 92.8 Å². The van der Waals surface area contributed by atoms with Crippen molar-refractivity contribution >= 4 is 26.0 Å². The first-order valence-electron chi connectivity index (χ1n) is 23.5. The van der Waals surface area contributed by atoms with Crippen LogP contribution in [0, 0.1) is 0 Å². The van der Waals surface area contributed by atoms with Gasteiger partial charge in [0.1, 0.15) is 23.0 Å². The van der Waals surface area contributed by atoms with E-state index in [-0.39, 0.29) is 54.3 Å². The first-order chi connectivity index (χ1) is 34.1. The van der Waals surface area contributed by atoms with Gasteiger partial charge in [-0.15, -0.1) is 0 Å². The fourth-order valence-corrected chi connectivity index (χ4v) is 11.4. The second-order valence-electron chi connectivity index (χ2n) is 18.1. The first-order valence-corrected chi connectivity index (χ1v) is 26.4. The molecule has 2 aliphatic rings. The predicted octanol–water partition coefficient (Wildman–Crippen LogP) is 7.47. The number of likely N-dealkylation sites (N-methyl/N-ethyl adjacent to an activating group) is 1. The molecule has 0 bridgehead atoms. The predicted molar refractivity (Wildman–Crippen MR) is 268 cm³/mol. The lowest BCUT2D eigenvalue weighted by molar-refractivity contribution is -0.160. The molecule has 8 rings (SSSR count). The molecular formula is C52H65N7O10S2. The number of esters is 1. The van der Waals surface area contributed by atoms with Crippen LogP contribution in [0.25, 0.3) is 0 Å². The molecule has 71 heavy (non-hydrogen) atoms. The summed E-state index contributed by atoms with van der Waals surface area (Å²) in [7, 11) is 2.59. The van der Waals surface area contributed by atoms with Gasteiger partial charge in [0.25, 0.3) is 20.0 Å². The summed E-state index contributed by atoms with van der Waals surface area (Å²) in [4.78, 5) is 14.8. The summed E-state index contributed by atoms with van der Waals surface area (Å²) >= 11 is 0. The number of ether oxygens (including phenoxy) is 5. The van der Waals surface area contributed by atoms with Gasteiger partial charge in [-0.1, -0.05) is 48.5 Å². The molecule has 0 unspecified atom stereocenters. The fourth-order valence-electron chi connectivity index (χ4n) is 8.78. The Morgan fingerprint density at radius 3 is 1.15 bits per heavy atom. The Kier molecular flexibility index (Phi) is 16.9. The molecule has 0 radical (unpaired) electrons. The van der Waals surface area contributed by atoms with Crippen molar-refractivity contribution in [1.82, 2.24) is 33.1 Å². The number of rotatable bonds is 22. The molecule has 2 heterocycles. The lowest BCUT2D eigenvalue weighted by Crippen LogP contribution is -2.49. The van der Waals surface area contributed by atoms with Crippen LogP contribution in [0.5, 0.6) is 23.0 Å². The highest BCUT2D eigenvalue weighted by atomic mass is 32.2. The van der Waals surface area contributed by atoms with Gasteiger partial charge in [0, 0.05) is 45.1 Å². The number of carbonyl (C=O) groups is 1. The third kappa shape index (κ3) is 12.1. The summed E-state index contributed by atoms with van der Waals surface area (Å²) < 4.78 is 87.7. The van der Waals surface area contributed by atoms with Crippen LogP contribution < -0.4 is 18.9 Å². The minimum Gasteiger partial charge on any atom is -0.497 e. The summed E-state index contributed by atoms with van der Waals surface area (Å²) in [6.45, 7) is 3.53. The molecule has 6 aromatic rings. The number of hydrogen-bond donors (Lipinski definition) is 0. The topological polar surface area (TPSA) is 177 Å². The van der Waals surface area contributed by atoms with E-state index in [2.05, 4.69) is 15.1 Å². The second-order valence-corrected chi connectivity index (χ2v) is 21.8. The van der Waals surface area contributed by atoms with Crippen molar-refractivity contribution in [2.24, 2.45) is 0 Å². The van der Waals surface area contributed by atoms with Crippen molar-refractivity contribution in [2.75, 3.05) is 55.7 Å². The van der Waals surface area contributed by atoms with Crippen LogP contribution in [-0.4, -0.2) is 112 Å². The average molecular weight is 1010 g/mol.